The van der Waals surface area contributed by atoms with Crippen LogP contribution in [0.1, 0.15) is 26.2 Å². The highest BCUT2D eigenvalue weighted by atomic mass is 35.5. The van der Waals surface area contributed by atoms with E-state index in [4.69, 9.17) is 16.3 Å². The molecule has 1 heterocycles. The number of unbranched alkanes of at least 4 members (excludes halogenated alkanes) is 1. The summed E-state index contributed by atoms with van der Waals surface area (Å²) in [5, 5.41) is 0.638. The summed E-state index contributed by atoms with van der Waals surface area (Å²) in [5.41, 5.74) is 0.607. The molecule has 0 amide bonds. The van der Waals surface area contributed by atoms with Crippen molar-refractivity contribution in [3.8, 4) is 0 Å². The predicted octanol–water partition coefficient (Wildman–Crippen LogP) is 3.03. The number of halogens is 1. The molecule has 0 saturated carbocycles. The van der Waals surface area contributed by atoms with Gasteiger partial charge in [0.25, 0.3) is 0 Å². The van der Waals surface area contributed by atoms with Gasteiger partial charge in [-0.1, -0.05) is 31.0 Å². The molecule has 0 bridgehead atoms. The summed E-state index contributed by atoms with van der Waals surface area (Å²) in [5.74, 6) is -0.303. The fraction of sp³-hybridized carbons (Fsp3) is 0.545. The van der Waals surface area contributed by atoms with Gasteiger partial charge in [0.1, 0.15) is 6.61 Å². The van der Waals surface area contributed by atoms with E-state index in [1.165, 1.54) is 0 Å². The summed E-state index contributed by atoms with van der Waals surface area (Å²) in [6.07, 6.45) is 4.54. The number of rotatable bonds is 4. The maximum atomic E-state index is 11.3. The van der Waals surface area contributed by atoms with E-state index in [1.807, 2.05) is 0 Å². The maximum absolute atomic E-state index is 11.3. The van der Waals surface area contributed by atoms with Gasteiger partial charge in [-0.25, -0.2) is 4.79 Å². The zero-order valence-electron chi connectivity index (χ0n) is 8.38. The van der Waals surface area contributed by atoms with Crippen LogP contribution >= 0.6 is 11.6 Å². The van der Waals surface area contributed by atoms with Gasteiger partial charge in [0, 0.05) is 11.0 Å². The normalized spacial score (nSPS) is 24.7. The van der Waals surface area contributed by atoms with Crippen LogP contribution in [0.15, 0.2) is 23.3 Å². The molecule has 1 aliphatic heterocycles. The Hall–Kier alpha value is -0.760. The average Bonchev–Trinajstić information content (AvgIpc) is 2.56. The number of cyclic esters (lactones) is 1. The smallest absolute Gasteiger partial charge is 0.335 e. The van der Waals surface area contributed by atoms with Crippen molar-refractivity contribution in [2.75, 3.05) is 6.61 Å². The molecule has 0 aromatic rings. The quantitative estimate of drug-likeness (QED) is 0.409. The van der Waals surface area contributed by atoms with Gasteiger partial charge < -0.3 is 4.74 Å². The van der Waals surface area contributed by atoms with Crippen LogP contribution in [0.4, 0.5) is 0 Å². The van der Waals surface area contributed by atoms with Gasteiger partial charge in [0.05, 0.1) is 5.57 Å². The van der Waals surface area contributed by atoms with Crippen LogP contribution in [0.2, 0.25) is 0 Å². The molecule has 1 saturated heterocycles. The standard InChI is InChI=1S/C11H15ClO2/c1-3-5-6-9(12)10-8(4-2)7-14-11(10)13/h4,8H,2-3,5-7H2,1H3/b10-9+. The van der Waals surface area contributed by atoms with Crippen LogP contribution in [0.25, 0.3) is 0 Å². The zero-order chi connectivity index (χ0) is 10.6. The van der Waals surface area contributed by atoms with Gasteiger partial charge >= 0.3 is 5.97 Å². The molecule has 2 nitrogen and oxygen atoms in total. The number of hydrogen-bond donors (Lipinski definition) is 0. The third kappa shape index (κ3) is 2.38. The Kier molecular flexibility index (Phi) is 4.21. The number of carbonyl (C=O) groups excluding carboxylic acids is 1. The molecule has 1 atom stereocenters. The van der Waals surface area contributed by atoms with Gasteiger partial charge in [0.15, 0.2) is 0 Å². The van der Waals surface area contributed by atoms with E-state index in [0.717, 1.165) is 19.3 Å². The van der Waals surface area contributed by atoms with Crippen molar-refractivity contribution < 1.29 is 9.53 Å². The molecular weight excluding hydrogens is 200 g/mol. The molecular formula is C11H15ClO2. The molecule has 0 spiro atoms. The van der Waals surface area contributed by atoms with E-state index in [-0.39, 0.29) is 11.9 Å². The van der Waals surface area contributed by atoms with Crippen molar-refractivity contribution in [2.24, 2.45) is 5.92 Å². The molecule has 3 heteroatoms. The molecule has 78 valence electrons. The van der Waals surface area contributed by atoms with Crippen LogP contribution in [0.3, 0.4) is 0 Å². The van der Waals surface area contributed by atoms with Gasteiger partial charge in [-0.3, -0.25) is 0 Å². The monoisotopic (exact) mass is 214 g/mol. The molecule has 1 rings (SSSR count). The van der Waals surface area contributed by atoms with Crippen LogP contribution in [0.5, 0.6) is 0 Å². The minimum atomic E-state index is -0.281. The van der Waals surface area contributed by atoms with Crippen LogP contribution < -0.4 is 0 Å². The van der Waals surface area contributed by atoms with Gasteiger partial charge in [-0.05, 0) is 12.8 Å². The highest BCUT2D eigenvalue weighted by molar-refractivity contribution is 6.31. The second-order valence-corrected chi connectivity index (χ2v) is 3.82. The van der Waals surface area contributed by atoms with Crippen molar-refractivity contribution in [2.45, 2.75) is 26.2 Å². The first-order valence-electron chi connectivity index (χ1n) is 4.89. The third-order valence-corrected chi connectivity index (χ3v) is 2.70. The first-order chi connectivity index (χ1) is 6.70. The minimum absolute atomic E-state index is 0.0214. The highest BCUT2D eigenvalue weighted by Crippen LogP contribution is 2.29. The summed E-state index contributed by atoms with van der Waals surface area (Å²) in [4.78, 5) is 11.3. The Labute approximate surface area is 89.6 Å². The molecule has 0 aliphatic carbocycles. The van der Waals surface area contributed by atoms with E-state index in [2.05, 4.69) is 13.5 Å². The molecule has 1 fully saturated rings. The lowest BCUT2D eigenvalue weighted by molar-refractivity contribution is -0.135. The van der Waals surface area contributed by atoms with Crippen molar-refractivity contribution >= 4 is 17.6 Å². The van der Waals surface area contributed by atoms with Crippen molar-refractivity contribution in [3.05, 3.63) is 23.3 Å². The Bertz CT molecular complexity index is 268. The van der Waals surface area contributed by atoms with Gasteiger partial charge in [-0.15, -0.1) is 6.58 Å². The molecule has 0 aromatic heterocycles. The van der Waals surface area contributed by atoms with Gasteiger partial charge in [0.2, 0.25) is 0 Å². The third-order valence-electron chi connectivity index (χ3n) is 2.31. The van der Waals surface area contributed by atoms with E-state index in [0.29, 0.717) is 17.2 Å². The predicted molar refractivity (Wildman–Crippen MR) is 57.1 cm³/mol. The molecule has 0 radical (unpaired) electrons. The largest absolute Gasteiger partial charge is 0.461 e. The lowest BCUT2D eigenvalue weighted by Crippen LogP contribution is -2.02. The number of ether oxygens (including phenoxy) is 1. The second kappa shape index (κ2) is 5.20. The fourth-order valence-electron chi connectivity index (χ4n) is 1.44. The van der Waals surface area contributed by atoms with Crippen LogP contribution in [0, 0.1) is 5.92 Å². The molecule has 14 heavy (non-hydrogen) atoms. The van der Waals surface area contributed by atoms with Crippen molar-refractivity contribution in [3.63, 3.8) is 0 Å². The topological polar surface area (TPSA) is 26.3 Å². The first-order valence-corrected chi connectivity index (χ1v) is 5.26. The fourth-order valence-corrected chi connectivity index (χ4v) is 1.79. The summed E-state index contributed by atoms with van der Waals surface area (Å²) in [6, 6.07) is 0. The summed E-state index contributed by atoms with van der Waals surface area (Å²) in [7, 11) is 0. The van der Waals surface area contributed by atoms with Crippen molar-refractivity contribution in [1.29, 1.82) is 0 Å². The average molecular weight is 215 g/mol. The Morgan fingerprint density at radius 1 is 1.79 bits per heavy atom. The highest BCUT2D eigenvalue weighted by Gasteiger charge is 2.30. The lowest BCUT2D eigenvalue weighted by atomic mass is 10.0. The summed E-state index contributed by atoms with van der Waals surface area (Å²) < 4.78 is 4.92. The first kappa shape index (κ1) is 11.3. The maximum Gasteiger partial charge on any atom is 0.335 e. The van der Waals surface area contributed by atoms with Gasteiger partial charge in [-0.2, -0.15) is 0 Å². The lowest BCUT2D eigenvalue weighted by Gasteiger charge is -2.04. The number of hydrogen-bond acceptors (Lipinski definition) is 2. The Balaban J connectivity index is 2.79. The second-order valence-electron chi connectivity index (χ2n) is 3.36. The Morgan fingerprint density at radius 3 is 3.07 bits per heavy atom. The molecule has 1 unspecified atom stereocenters. The van der Waals surface area contributed by atoms with Crippen LogP contribution in [-0.2, 0) is 9.53 Å². The van der Waals surface area contributed by atoms with Crippen LogP contribution in [-0.4, -0.2) is 12.6 Å². The molecule has 0 N–H and O–H groups in total. The number of carbonyl (C=O) groups is 1. The van der Waals surface area contributed by atoms with E-state index in [9.17, 15) is 4.79 Å². The molecule has 1 aliphatic rings. The summed E-state index contributed by atoms with van der Waals surface area (Å²) >= 11 is 6.07. The number of allylic oxidation sites excluding steroid dienone is 1. The summed E-state index contributed by atoms with van der Waals surface area (Å²) in [6.45, 7) is 6.14. The number of esters is 1. The molecule has 0 aromatic carbocycles. The van der Waals surface area contributed by atoms with E-state index >= 15 is 0 Å². The minimum Gasteiger partial charge on any atom is -0.461 e. The zero-order valence-corrected chi connectivity index (χ0v) is 9.14. The van der Waals surface area contributed by atoms with Crippen molar-refractivity contribution in [1.82, 2.24) is 0 Å². The van der Waals surface area contributed by atoms with E-state index in [1.54, 1.807) is 6.08 Å². The Morgan fingerprint density at radius 2 is 2.50 bits per heavy atom. The SMILES string of the molecule is C=CC1COC(=O)/C1=C(/Cl)CCCC. The van der Waals surface area contributed by atoms with E-state index < -0.39 is 0 Å².